The summed E-state index contributed by atoms with van der Waals surface area (Å²) in [6, 6.07) is 9.51. The molecule has 1 amide bonds. The van der Waals surface area contributed by atoms with Crippen LogP contribution in [0, 0.1) is 0 Å². The summed E-state index contributed by atoms with van der Waals surface area (Å²) in [7, 11) is 0. The van der Waals surface area contributed by atoms with Crippen molar-refractivity contribution >= 4 is 22.7 Å². The standard InChI is InChI=1S/C15H18N2O2S/c1-2-8-17(9-10-18)15(19)13-11-20-14(16-13)12-6-4-3-5-7-12/h2-7,13,18H,1,8-11H2. The fourth-order valence-electron chi connectivity index (χ4n) is 2.02. The number of aliphatic hydroxyl groups excluding tert-OH is 1. The molecule has 1 N–H and O–H groups in total. The predicted octanol–water partition coefficient (Wildman–Crippen LogP) is 1.56. The first-order valence-electron chi connectivity index (χ1n) is 6.53. The molecule has 5 heteroatoms. The number of carbonyl (C=O) groups excluding carboxylic acids is 1. The molecular weight excluding hydrogens is 272 g/mol. The molecule has 0 saturated heterocycles. The summed E-state index contributed by atoms with van der Waals surface area (Å²) < 4.78 is 0. The van der Waals surface area contributed by atoms with Gasteiger partial charge in [-0.15, -0.1) is 18.3 Å². The summed E-state index contributed by atoms with van der Waals surface area (Å²) in [5.74, 6) is 0.611. The van der Waals surface area contributed by atoms with Crippen LogP contribution in [0.4, 0.5) is 0 Å². The van der Waals surface area contributed by atoms with E-state index in [0.717, 1.165) is 10.6 Å². The monoisotopic (exact) mass is 290 g/mol. The lowest BCUT2D eigenvalue weighted by atomic mass is 10.2. The van der Waals surface area contributed by atoms with Crippen LogP contribution in [0.15, 0.2) is 48.0 Å². The number of benzene rings is 1. The fraction of sp³-hybridized carbons (Fsp3) is 0.333. The van der Waals surface area contributed by atoms with Crippen LogP contribution >= 0.6 is 11.8 Å². The maximum absolute atomic E-state index is 12.3. The highest BCUT2D eigenvalue weighted by Crippen LogP contribution is 2.24. The van der Waals surface area contributed by atoms with Crippen molar-refractivity contribution < 1.29 is 9.90 Å². The number of rotatable bonds is 6. The van der Waals surface area contributed by atoms with E-state index in [1.54, 1.807) is 22.7 Å². The number of hydrogen-bond donors (Lipinski definition) is 1. The molecule has 0 aliphatic carbocycles. The van der Waals surface area contributed by atoms with Crippen LogP contribution in [-0.4, -0.2) is 52.4 Å². The van der Waals surface area contributed by atoms with Gasteiger partial charge < -0.3 is 10.0 Å². The first kappa shape index (κ1) is 14.8. The molecule has 2 rings (SSSR count). The summed E-state index contributed by atoms with van der Waals surface area (Å²) >= 11 is 1.60. The second-order valence-corrected chi connectivity index (χ2v) is 5.43. The number of thioether (sulfide) groups is 1. The third-order valence-corrected chi connectivity index (χ3v) is 4.08. The van der Waals surface area contributed by atoms with Crippen molar-refractivity contribution in [1.29, 1.82) is 0 Å². The zero-order chi connectivity index (χ0) is 14.4. The lowest BCUT2D eigenvalue weighted by Gasteiger charge is -2.21. The van der Waals surface area contributed by atoms with Crippen LogP contribution in [0.2, 0.25) is 0 Å². The molecule has 1 aliphatic heterocycles. The highest BCUT2D eigenvalue weighted by Gasteiger charge is 2.28. The Morgan fingerprint density at radius 1 is 1.50 bits per heavy atom. The van der Waals surface area contributed by atoms with E-state index in [4.69, 9.17) is 5.11 Å². The average Bonchev–Trinajstić information content (AvgIpc) is 2.97. The first-order valence-corrected chi connectivity index (χ1v) is 7.51. The lowest BCUT2D eigenvalue weighted by molar-refractivity contribution is -0.131. The Labute approximate surface area is 123 Å². The number of aliphatic hydroxyl groups is 1. The van der Waals surface area contributed by atoms with Crippen molar-refractivity contribution in [3.63, 3.8) is 0 Å². The minimum Gasteiger partial charge on any atom is -0.395 e. The quantitative estimate of drug-likeness (QED) is 0.809. The summed E-state index contributed by atoms with van der Waals surface area (Å²) in [5, 5.41) is 9.92. The Bertz CT molecular complexity index is 502. The van der Waals surface area contributed by atoms with Crippen molar-refractivity contribution in [2.24, 2.45) is 4.99 Å². The molecule has 0 bridgehead atoms. The highest BCUT2D eigenvalue weighted by atomic mass is 32.2. The van der Waals surface area contributed by atoms with Crippen molar-refractivity contribution in [2.45, 2.75) is 6.04 Å². The van der Waals surface area contributed by atoms with Crippen LogP contribution in [-0.2, 0) is 4.79 Å². The van der Waals surface area contributed by atoms with Gasteiger partial charge in [-0.3, -0.25) is 9.79 Å². The molecule has 1 heterocycles. The number of amides is 1. The second kappa shape index (κ2) is 7.26. The lowest BCUT2D eigenvalue weighted by Crippen LogP contribution is -2.40. The van der Waals surface area contributed by atoms with Gasteiger partial charge in [0.25, 0.3) is 0 Å². The summed E-state index contributed by atoms with van der Waals surface area (Å²) in [5.41, 5.74) is 1.05. The Balaban J connectivity index is 2.08. The van der Waals surface area contributed by atoms with Crippen molar-refractivity contribution in [3.05, 3.63) is 48.6 Å². The van der Waals surface area contributed by atoms with Crippen LogP contribution in [0.25, 0.3) is 0 Å². The van der Waals surface area contributed by atoms with E-state index in [1.807, 2.05) is 30.3 Å². The normalized spacial score (nSPS) is 17.6. The number of carbonyl (C=O) groups is 1. The predicted molar refractivity (Wildman–Crippen MR) is 83.1 cm³/mol. The molecule has 0 fully saturated rings. The highest BCUT2D eigenvalue weighted by molar-refractivity contribution is 8.14. The molecule has 4 nitrogen and oxygen atoms in total. The summed E-state index contributed by atoms with van der Waals surface area (Å²) in [6.45, 7) is 4.35. The van der Waals surface area contributed by atoms with Gasteiger partial charge in [0.2, 0.25) is 5.91 Å². The van der Waals surface area contributed by atoms with E-state index in [0.29, 0.717) is 18.8 Å². The van der Waals surface area contributed by atoms with E-state index in [-0.39, 0.29) is 18.6 Å². The Hall–Kier alpha value is -1.59. The zero-order valence-electron chi connectivity index (χ0n) is 11.2. The maximum atomic E-state index is 12.3. The fourth-order valence-corrected chi connectivity index (χ4v) is 3.06. The van der Waals surface area contributed by atoms with Crippen LogP contribution in [0.3, 0.4) is 0 Å². The molecule has 1 unspecified atom stereocenters. The molecule has 0 saturated carbocycles. The number of nitrogens with zero attached hydrogens (tertiary/aromatic N) is 2. The van der Waals surface area contributed by atoms with E-state index in [2.05, 4.69) is 11.6 Å². The van der Waals surface area contributed by atoms with Crippen molar-refractivity contribution in [1.82, 2.24) is 4.90 Å². The summed E-state index contributed by atoms with van der Waals surface area (Å²) in [6.07, 6.45) is 1.66. The van der Waals surface area contributed by atoms with Crippen LogP contribution < -0.4 is 0 Å². The SMILES string of the molecule is C=CCN(CCO)C(=O)C1CSC(c2ccccc2)=N1. The number of hydrogen-bond acceptors (Lipinski definition) is 4. The molecule has 0 spiro atoms. The summed E-state index contributed by atoms with van der Waals surface area (Å²) in [4.78, 5) is 18.5. The third-order valence-electron chi connectivity index (χ3n) is 2.99. The zero-order valence-corrected chi connectivity index (χ0v) is 12.1. The van der Waals surface area contributed by atoms with Crippen LogP contribution in [0.5, 0.6) is 0 Å². The average molecular weight is 290 g/mol. The third kappa shape index (κ3) is 3.49. The van der Waals surface area contributed by atoms with Gasteiger partial charge in [0.15, 0.2) is 0 Å². The molecule has 106 valence electrons. The van der Waals surface area contributed by atoms with Gasteiger partial charge in [-0.2, -0.15) is 0 Å². The van der Waals surface area contributed by atoms with Gasteiger partial charge in [-0.05, 0) is 0 Å². The van der Waals surface area contributed by atoms with Gasteiger partial charge in [0, 0.05) is 24.4 Å². The van der Waals surface area contributed by atoms with Gasteiger partial charge in [0.05, 0.1) is 11.7 Å². The minimum atomic E-state index is -0.360. The topological polar surface area (TPSA) is 52.9 Å². The van der Waals surface area contributed by atoms with Crippen molar-refractivity contribution in [2.75, 3.05) is 25.4 Å². The van der Waals surface area contributed by atoms with E-state index in [9.17, 15) is 4.79 Å². The van der Waals surface area contributed by atoms with Crippen LogP contribution in [0.1, 0.15) is 5.56 Å². The maximum Gasteiger partial charge on any atom is 0.248 e. The Morgan fingerprint density at radius 2 is 2.25 bits per heavy atom. The molecule has 1 atom stereocenters. The second-order valence-electron chi connectivity index (χ2n) is 4.42. The largest absolute Gasteiger partial charge is 0.395 e. The molecule has 20 heavy (non-hydrogen) atoms. The van der Waals surface area contributed by atoms with Crippen molar-refractivity contribution in [3.8, 4) is 0 Å². The Kier molecular flexibility index (Phi) is 5.38. The minimum absolute atomic E-state index is 0.0441. The van der Waals surface area contributed by atoms with E-state index < -0.39 is 0 Å². The van der Waals surface area contributed by atoms with Gasteiger partial charge in [0.1, 0.15) is 6.04 Å². The van der Waals surface area contributed by atoms with Gasteiger partial charge >= 0.3 is 0 Å². The van der Waals surface area contributed by atoms with Gasteiger partial charge in [-0.25, -0.2) is 0 Å². The molecular formula is C15H18N2O2S. The number of aliphatic imine (C=N–C) groups is 1. The molecule has 0 radical (unpaired) electrons. The smallest absolute Gasteiger partial charge is 0.248 e. The van der Waals surface area contributed by atoms with E-state index in [1.165, 1.54) is 0 Å². The molecule has 0 aromatic heterocycles. The first-order chi connectivity index (χ1) is 9.76. The van der Waals surface area contributed by atoms with E-state index >= 15 is 0 Å². The molecule has 1 aliphatic rings. The molecule has 1 aromatic carbocycles. The van der Waals surface area contributed by atoms with Gasteiger partial charge in [-0.1, -0.05) is 36.4 Å². The Morgan fingerprint density at radius 3 is 2.90 bits per heavy atom. The molecule has 1 aromatic rings.